The number of nitrogens with one attached hydrogen (secondary N) is 1. The zero-order valence-electron chi connectivity index (χ0n) is 10.8. The van der Waals surface area contributed by atoms with E-state index in [0.717, 1.165) is 6.26 Å². The van der Waals surface area contributed by atoms with Gasteiger partial charge in [0.15, 0.2) is 0 Å². The van der Waals surface area contributed by atoms with E-state index in [1.807, 2.05) is 0 Å². The maximum atomic E-state index is 11.8. The molecule has 0 amide bonds. The van der Waals surface area contributed by atoms with E-state index in [0.29, 0.717) is 11.3 Å². The van der Waals surface area contributed by atoms with Crippen LogP contribution in [0, 0.1) is 0 Å². The zero-order chi connectivity index (χ0) is 14.7. The predicted molar refractivity (Wildman–Crippen MR) is 75.8 cm³/mol. The molecule has 0 aliphatic carbocycles. The Balaban J connectivity index is 2.69. The monoisotopic (exact) mass is 306 g/mol. The van der Waals surface area contributed by atoms with Gasteiger partial charge in [0, 0.05) is 18.0 Å². The maximum absolute atomic E-state index is 11.8. The Morgan fingerprint density at radius 1 is 1.16 bits per heavy atom. The topological polar surface area (TPSA) is 106 Å². The average molecular weight is 306 g/mol. The number of benzene rings is 1. The molecule has 0 aromatic heterocycles. The van der Waals surface area contributed by atoms with Gasteiger partial charge in [-0.2, -0.15) is 0 Å². The largest absolute Gasteiger partial charge is 0.399 e. The number of rotatable bonds is 6. The molecule has 19 heavy (non-hydrogen) atoms. The van der Waals surface area contributed by atoms with Gasteiger partial charge >= 0.3 is 0 Å². The fourth-order valence-corrected chi connectivity index (χ4v) is 4.18. The molecule has 0 saturated carbocycles. The van der Waals surface area contributed by atoms with Gasteiger partial charge in [-0.25, -0.2) is 21.6 Å². The molecule has 0 radical (unpaired) electrons. The Morgan fingerprint density at radius 3 is 2.16 bits per heavy atom. The van der Waals surface area contributed by atoms with Crippen molar-refractivity contribution in [2.24, 2.45) is 0 Å². The molecular formula is C11H18N2O4S2. The molecule has 0 aliphatic rings. The van der Waals surface area contributed by atoms with Gasteiger partial charge in [-0.05, 0) is 24.6 Å². The molecule has 1 atom stereocenters. The van der Waals surface area contributed by atoms with E-state index in [-0.39, 0.29) is 11.5 Å². The van der Waals surface area contributed by atoms with E-state index in [2.05, 4.69) is 4.72 Å². The van der Waals surface area contributed by atoms with E-state index in [4.69, 9.17) is 5.73 Å². The van der Waals surface area contributed by atoms with Gasteiger partial charge in [0.05, 0.1) is 11.5 Å². The van der Waals surface area contributed by atoms with Crippen molar-refractivity contribution in [1.82, 2.24) is 4.72 Å². The minimum atomic E-state index is -3.57. The summed E-state index contributed by atoms with van der Waals surface area (Å²) >= 11 is 0. The quantitative estimate of drug-likeness (QED) is 0.726. The number of sulfonamides is 1. The Kier molecular flexibility index (Phi) is 4.94. The highest BCUT2D eigenvalue weighted by Gasteiger charge is 2.18. The number of sulfone groups is 1. The van der Waals surface area contributed by atoms with Crippen LogP contribution in [0.25, 0.3) is 0 Å². The lowest BCUT2D eigenvalue weighted by Gasteiger charge is -2.13. The summed E-state index contributed by atoms with van der Waals surface area (Å²) in [6.07, 6.45) is 1.07. The van der Waals surface area contributed by atoms with Crippen LogP contribution in [0.4, 0.5) is 5.69 Å². The summed E-state index contributed by atoms with van der Waals surface area (Å²) in [5.41, 5.74) is 6.65. The maximum Gasteiger partial charge on any atom is 0.216 e. The van der Waals surface area contributed by atoms with Crippen LogP contribution >= 0.6 is 0 Å². The van der Waals surface area contributed by atoms with Crippen LogP contribution in [0.2, 0.25) is 0 Å². The van der Waals surface area contributed by atoms with Crippen LogP contribution in [0.15, 0.2) is 24.3 Å². The third kappa shape index (κ3) is 6.55. The van der Waals surface area contributed by atoms with Gasteiger partial charge in [0.1, 0.15) is 9.84 Å². The minimum Gasteiger partial charge on any atom is -0.399 e. The van der Waals surface area contributed by atoms with Crippen molar-refractivity contribution in [2.75, 3.05) is 17.7 Å². The Labute approximate surface area is 114 Å². The van der Waals surface area contributed by atoms with Crippen molar-refractivity contribution in [3.8, 4) is 0 Å². The minimum absolute atomic E-state index is 0.207. The Hall–Kier alpha value is -1.12. The Bertz CT molecular complexity index is 621. The summed E-state index contributed by atoms with van der Waals surface area (Å²) in [4.78, 5) is 0. The first-order valence-electron chi connectivity index (χ1n) is 5.59. The third-order valence-corrected chi connectivity index (χ3v) is 4.85. The average Bonchev–Trinajstić information content (AvgIpc) is 2.17. The van der Waals surface area contributed by atoms with Gasteiger partial charge < -0.3 is 5.73 Å². The summed E-state index contributed by atoms with van der Waals surface area (Å²) in [7, 11) is -6.79. The molecule has 0 heterocycles. The van der Waals surface area contributed by atoms with Gasteiger partial charge in [-0.15, -0.1) is 0 Å². The second-order valence-electron chi connectivity index (χ2n) is 4.61. The highest BCUT2D eigenvalue weighted by molar-refractivity contribution is 7.91. The van der Waals surface area contributed by atoms with Crippen molar-refractivity contribution >= 4 is 25.5 Å². The van der Waals surface area contributed by atoms with Crippen molar-refractivity contribution < 1.29 is 16.8 Å². The normalized spacial score (nSPS) is 14.2. The second-order valence-corrected chi connectivity index (χ2v) is 8.55. The van der Waals surface area contributed by atoms with Crippen LogP contribution < -0.4 is 10.5 Å². The van der Waals surface area contributed by atoms with Crippen LogP contribution in [-0.2, 0) is 25.6 Å². The van der Waals surface area contributed by atoms with Crippen molar-refractivity contribution in [3.05, 3.63) is 29.8 Å². The van der Waals surface area contributed by atoms with E-state index < -0.39 is 25.9 Å². The smallest absolute Gasteiger partial charge is 0.216 e. The molecule has 1 rings (SSSR count). The first kappa shape index (κ1) is 15.9. The SMILES string of the molecule is CC(CS(C)(=O)=O)NS(=O)(=O)Cc1ccc(N)cc1. The lowest BCUT2D eigenvalue weighted by molar-refractivity contribution is 0.564. The van der Waals surface area contributed by atoms with E-state index in [1.54, 1.807) is 24.3 Å². The molecule has 0 fully saturated rings. The summed E-state index contributed by atoms with van der Waals surface area (Å²) in [6, 6.07) is 5.81. The van der Waals surface area contributed by atoms with Crippen LogP contribution in [0.1, 0.15) is 12.5 Å². The molecule has 0 spiro atoms. The molecular weight excluding hydrogens is 288 g/mol. The summed E-state index contributed by atoms with van der Waals surface area (Å²) in [6.45, 7) is 1.52. The molecule has 6 nitrogen and oxygen atoms in total. The second kappa shape index (κ2) is 5.89. The number of anilines is 1. The summed E-state index contributed by atoms with van der Waals surface area (Å²) in [5, 5.41) is 0. The first-order valence-corrected chi connectivity index (χ1v) is 9.31. The molecule has 0 aliphatic heterocycles. The van der Waals surface area contributed by atoms with E-state index >= 15 is 0 Å². The molecule has 1 unspecified atom stereocenters. The van der Waals surface area contributed by atoms with Crippen LogP contribution in [0.3, 0.4) is 0 Å². The number of nitrogen functional groups attached to an aromatic ring is 1. The standard InChI is InChI=1S/C11H18N2O4S2/c1-9(7-18(2,14)15)13-19(16,17)8-10-3-5-11(12)6-4-10/h3-6,9,13H,7-8,12H2,1-2H3. The first-order chi connectivity index (χ1) is 8.57. The highest BCUT2D eigenvalue weighted by atomic mass is 32.2. The summed E-state index contributed by atoms with van der Waals surface area (Å²) in [5.74, 6) is -0.435. The number of hydrogen-bond donors (Lipinski definition) is 2. The molecule has 8 heteroatoms. The molecule has 108 valence electrons. The van der Waals surface area contributed by atoms with Crippen molar-refractivity contribution in [2.45, 2.75) is 18.7 Å². The third-order valence-electron chi connectivity index (χ3n) is 2.27. The number of nitrogens with two attached hydrogens (primary N) is 1. The van der Waals surface area contributed by atoms with E-state index in [9.17, 15) is 16.8 Å². The Morgan fingerprint density at radius 2 is 1.68 bits per heavy atom. The van der Waals surface area contributed by atoms with Gasteiger partial charge in [0.2, 0.25) is 10.0 Å². The van der Waals surface area contributed by atoms with Gasteiger partial charge in [-0.1, -0.05) is 12.1 Å². The molecule has 0 saturated heterocycles. The van der Waals surface area contributed by atoms with Gasteiger partial charge in [0.25, 0.3) is 0 Å². The zero-order valence-corrected chi connectivity index (χ0v) is 12.5. The molecule has 1 aromatic rings. The lowest BCUT2D eigenvalue weighted by atomic mass is 10.2. The van der Waals surface area contributed by atoms with Crippen molar-refractivity contribution in [1.29, 1.82) is 0 Å². The van der Waals surface area contributed by atoms with Gasteiger partial charge in [-0.3, -0.25) is 0 Å². The van der Waals surface area contributed by atoms with Crippen LogP contribution in [-0.4, -0.2) is 34.9 Å². The number of hydrogen-bond acceptors (Lipinski definition) is 5. The molecule has 0 bridgehead atoms. The fraction of sp³-hybridized carbons (Fsp3) is 0.455. The lowest BCUT2D eigenvalue weighted by Crippen LogP contribution is -2.37. The molecule has 3 N–H and O–H groups in total. The predicted octanol–water partition coefficient (Wildman–Crippen LogP) is 0.121. The molecule has 1 aromatic carbocycles. The van der Waals surface area contributed by atoms with Crippen LogP contribution in [0.5, 0.6) is 0 Å². The highest BCUT2D eigenvalue weighted by Crippen LogP contribution is 2.09. The summed E-state index contributed by atoms with van der Waals surface area (Å²) < 4.78 is 48.2. The van der Waals surface area contributed by atoms with Crippen molar-refractivity contribution in [3.63, 3.8) is 0 Å². The fourth-order valence-electron chi connectivity index (χ4n) is 1.67. The van der Waals surface area contributed by atoms with E-state index in [1.165, 1.54) is 6.92 Å².